The van der Waals surface area contributed by atoms with Crippen molar-refractivity contribution in [3.05, 3.63) is 242 Å². The Morgan fingerprint density at radius 1 is 0.267 bits per heavy atom. The molecule has 0 atom stereocenters. The van der Waals surface area contributed by atoms with Crippen molar-refractivity contribution >= 4 is 62.0 Å². The summed E-state index contributed by atoms with van der Waals surface area (Å²) in [4.78, 5) is 16.5. The molecule has 60 heavy (non-hydrogen) atoms. The van der Waals surface area contributed by atoms with Crippen LogP contribution in [0.15, 0.2) is 237 Å². The van der Waals surface area contributed by atoms with Crippen molar-refractivity contribution in [3.63, 3.8) is 0 Å². The first-order valence-corrected chi connectivity index (χ1v) is 20.3. The minimum Gasteiger partial charge on any atom is -0.311 e. The summed E-state index contributed by atoms with van der Waals surface area (Å²) in [5, 5.41) is 4.67. The number of carbonyl (C=O) groups excluding carboxylic acids is 1. The van der Waals surface area contributed by atoms with Crippen LogP contribution in [-0.4, -0.2) is 6.29 Å². The maximum atomic E-state index is 11.9. The number of para-hydroxylation sites is 4. The molecule has 0 bridgehead atoms. The lowest BCUT2D eigenvalue weighted by molar-refractivity contribution is 0.112. The fourth-order valence-corrected chi connectivity index (χ4v) is 8.53. The van der Waals surface area contributed by atoms with Gasteiger partial charge in [0, 0.05) is 39.7 Å². The Hall–Kier alpha value is -8.01. The number of hydrogen-bond donors (Lipinski definition) is 0. The van der Waals surface area contributed by atoms with Crippen molar-refractivity contribution in [2.45, 2.75) is 0 Å². The average molecular weight is 769 g/mol. The Morgan fingerprint density at radius 2 is 0.617 bits per heavy atom. The van der Waals surface area contributed by atoms with E-state index >= 15 is 0 Å². The molecule has 0 aliphatic rings. The Bertz CT molecular complexity index is 3000. The number of benzene rings is 10. The minimum atomic E-state index is 0.657. The molecular weight excluding hydrogens is 729 g/mol. The summed E-state index contributed by atoms with van der Waals surface area (Å²) >= 11 is 0. The molecule has 0 fully saturated rings. The van der Waals surface area contributed by atoms with Gasteiger partial charge in [-0.1, -0.05) is 152 Å². The number of carbonyl (C=O) groups is 1. The molecule has 10 aromatic carbocycles. The van der Waals surface area contributed by atoms with Crippen LogP contribution in [0.5, 0.6) is 0 Å². The molecule has 0 heterocycles. The van der Waals surface area contributed by atoms with Crippen molar-refractivity contribution in [3.8, 4) is 33.4 Å². The molecule has 0 unspecified atom stereocenters. The number of hydrogen-bond acceptors (Lipinski definition) is 3. The quantitative estimate of drug-likeness (QED) is 0.102. The molecule has 0 saturated carbocycles. The highest BCUT2D eigenvalue weighted by atomic mass is 16.1. The molecule has 10 aromatic rings. The third-order valence-electron chi connectivity index (χ3n) is 11.3. The van der Waals surface area contributed by atoms with Gasteiger partial charge in [0.05, 0.1) is 0 Å². The second-order valence-corrected chi connectivity index (χ2v) is 14.9. The summed E-state index contributed by atoms with van der Waals surface area (Å²) in [6.07, 6.45) is 0.914. The van der Waals surface area contributed by atoms with E-state index in [0.717, 1.165) is 73.4 Å². The van der Waals surface area contributed by atoms with Gasteiger partial charge in [-0.25, -0.2) is 0 Å². The average Bonchev–Trinajstić information content (AvgIpc) is 3.33. The second-order valence-electron chi connectivity index (χ2n) is 14.9. The van der Waals surface area contributed by atoms with E-state index in [1.54, 1.807) is 0 Å². The highest BCUT2D eigenvalue weighted by molar-refractivity contribution is 6.22. The van der Waals surface area contributed by atoms with Gasteiger partial charge in [0.2, 0.25) is 0 Å². The molecule has 0 aliphatic carbocycles. The first-order valence-electron chi connectivity index (χ1n) is 20.3. The van der Waals surface area contributed by atoms with E-state index in [0.29, 0.717) is 5.56 Å². The van der Waals surface area contributed by atoms with Crippen LogP contribution < -0.4 is 9.80 Å². The molecular formula is C57H40N2O. The van der Waals surface area contributed by atoms with E-state index in [9.17, 15) is 4.79 Å². The topological polar surface area (TPSA) is 23.6 Å². The SMILES string of the molecule is O=Cc1cccc(-c2ccc3c(-c4ccc(N(c5ccccc5)c5ccccc5)cc4)c4ccccc4c(-c4ccc(N(c5ccccc5)c5ccccc5)cc4)c3c2)c1. The highest BCUT2D eigenvalue weighted by Gasteiger charge is 2.20. The molecule has 284 valence electrons. The molecule has 0 aromatic heterocycles. The fraction of sp³-hybridized carbons (Fsp3) is 0. The first-order chi connectivity index (χ1) is 29.7. The van der Waals surface area contributed by atoms with Crippen LogP contribution in [0.1, 0.15) is 10.4 Å². The van der Waals surface area contributed by atoms with Gasteiger partial charge < -0.3 is 9.80 Å². The summed E-state index contributed by atoms with van der Waals surface area (Å²) in [5.74, 6) is 0. The van der Waals surface area contributed by atoms with Crippen LogP contribution in [0, 0.1) is 0 Å². The molecule has 0 radical (unpaired) electrons. The summed E-state index contributed by atoms with van der Waals surface area (Å²) in [6.45, 7) is 0. The largest absolute Gasteiger partial charge is 0.311 e. The summed E-state index contributed by atoms with van der Waals surface area (Å²) in [6, 6.07) is 83.4. The van der Waals surface area contributed by atoms with Crippen molar-refractivity contribution in [1.82, 2.24) is 0 Å². The highest BCUT2D eigenvalue weighted by Crippen LogP contribution is 2.46. The third-order valence-corrected chi connectivity index (χ3v) is 11.3. The van der Waals surface area contributed by atoms with Gasteiger partial charge in [-0.15, -0.1) is 0 Å². The smallest absolute Gasteiger partial charge is 0.150 e. The van der Waals surface area contributed by atoms with Crippen LogP contribution in [0.2, 0.25) is 0 Å². The van der Waals surface area contributed by atoms with Gasteiger partial charge in [-0.2, -0.15) is 0 Å². The number of anilines is 6. The van der Waals surface area contributed by atoms with Crippen LogP contribution >= 0.6 is 0 Å². The summed E-state index contributed by atoms with van der Waals surface area (Å²) in [7, 11) is 0. The van der Waals surface area contributed by atoms with Gasteiger partial charge in [-0.3, -0.25) is 4.79 Å². The van der Waals surface area contributed by atoms with E-state index < -0.39 is 0 Å². The Kier molecular flexibility index (Phi) is 9.75. The lowest BCUT2D eigenvalue weighted by Crippen LogP contribution is -2.09. The molecule has 3 heteroatoms. The summed E-state index contributed by atoms with van der Waals surface area (Å²) in [5.41, 5.74) is 13.9. The molecule has 10 rings (SSSR count). The lowest BCUT2D eigenvalue weighted by atomic mass is 9.84. The zero-order valence-corrected chi connectivity index (χ0v) is 32.9. The van der Waals surface area contributed by atoms with Crippen LogP contribution in [0.25, 0.3) is 54.9 Å². The van der Waals surface area contributed by atoms with Gasteiger partial charge >= 0.3 is 0 Å². The molecule has 0 saturated heterocycles. The standard InChI is InChI=1S/C57H40N2O/c60-40-41-16-15-17-44(38-41)45-32-37-54-55(39-45)57(43-30-35-51(36-31-43)59(48-22-9-3-10-23-48)49-24-11-4-12-25-49)53-27-14-13-26-52(53)56(54)42-28-33-50(34-29-42)58(46-18-5-1-6-19-46)47-20-7-2-8-21-47/h1-40H. The fourth-order valence-electron chi connectivity index (χ4n) is 8.53. The van der Waals surface area contributed by atoms with Gasteiger partial charge in [-0.05, 0) is 140 Å². The Labute approximate surface area is 350 Å². The van der Waals surface area contributed by atoms with Crippen LogP contribution in [0.4, 0.5) is 34.1 Å². The van der Waals surface area contributed by atoms with E-state index in [1.807, 2.05) is 18.2 Å². The first kappa shape index (κ1) is 36.3. The van der Waals surface area contributed by atoms with E-state index in [2.05, 4.69) is 228 Å². The van der Waals surface area contributed by atoms with Gasteiger partial charge in [0.15, 0.2) is 0 Å². The van der Waals surface area contributed by atoms with Crippen molar-refractivity contribution in [1.29, 1.82) is 0 Å². The molecule has 0 aliphatic heterocycles. The number of fused-ring (bicyclic) bond motifs is 2. The minimum absolute atomic E-state index is 0.657. The van der Waals surface area contributed by atoms with Crippen molar-refractivity contribution in [2.24, 2.45) is 0 Å². The maximum Gasteiger partial charge on any atom is 0.150 e. The predicted molar refractivity (Wildman–Crippen MR) is 253 cm³/mol. The third kappa shape index (κ3) is 6.89. The summed E-state index contributed by atoms with van der Waals surface area (Å²) < 4.78 is 0. The zero-order chi connectivity index (χ0) is 40.3. The van der Waals surface area contributed by atoms with E-state index in [4.69, 9.17) is 0 Å². The molecule has 3 nitrogen and oxygen atoms in total. The molecule has 0 amide bonds. The number of nitrogens with zero attached hydrogens (tertiary/aromatic N) is 2. The number of rotatable bonds is 10. The Morgan fingerprint density at radius 3 is 1.05 bits per heavy atom. The number of aldehydes is 1. The normalized spacial score (nSPS) is 11.1. The monoisotopic (exact) mass is 768 g/mol. The Balaban J connectivity index is 1.16. The zero-order valence-electron chi connectivity index (χ0n) is 32.9. The molecule has 0 spiro atoms. The van der Waals surface area contributed by atoms with E-state index in [-0.39, 0.29) is 0 Å². The van der Waals surface area contributed by atoms with E-state index in [1.165, 1.54) is 21.9 Å². The second kappa shape index (κ2) is 16.1. The van der Waals surface area contributed by atoms with Crippen molar-refractivity contribution in [2.75, 3.05) is 9.80 Å². The lowest BCUT2D eigenvalue weighted by Gasteiger charge is -2.26. The predicted octanol–water partition coefficient (Wildman–Crippen LogP) is 15.7. The maximum absolute atomic E-state index is 11.9. The van der Waals surface area contributed by atoms with Crippen molar-refractivity contribution < 1.29 is 4.79 Å². The van der Waals surface area contributed by atoms with Crippen LogP contribution in [0.3, 0.4) is 0 Å². The van der Waals surface area contributed by atoms with Gasteiger partial charge in [0.25, 0.3) is 0 Å². The van der Waals surface area contributed by atoms with Gasteiger partial charge in [0.1, 0.15) is 6.29 Å². The molecule has 0 N–H and O–H groups in total. The van der Waals surface area contributed by atoms with Crippen LogP contribution in [-0.2, 0) is 0 Å².